The highest BCUT2D eigenvalue weighted by atomic mass is 16.3. The standard InChI is InChI=1S/C20H18N4O3/c25-16-10-8-15(9-11-16)23-19-17(7-4-12-21-19)24-18(26)13-22-20(27)14-5-2-1-3-6-14/h1-12,25H,13H2,(H,21,23)(H,22,27)(H,24,26). The molecule has 3 aromatic rings. The van der Waals surface area contributed by atoms with Crippen molar-refractivity contribution >= 4 is 29.0 Å². The zero-order valence-electron chi connectivity index (χ0n) is 14.3. The highest BCUT2D eigenvalue weighted by Gasteiger charge is 2.10. The van der Waals surface area contributed by atoms with Gasteiger partial charge in [-0.05, 0) is 48.5 Å². The third-order valence-corrected chi connectivity index (χ3v) is 3.66. The number of phenolic OH excluding ortho intramolecular Hbond substituents is 1. The van der Waals surface area contributed by atoms with Crippen LogP contribution in [0.5, 0.6) is 5.75 Å². The molecule has 4 N–H and O–H groups in total. The maximum absolute atomic E-state index is 12.2. The van der Waals surface area contributed by atoms with Crippen LogP contribution in [0.2, 0.25) is 0 Å². The summed E-state index contributed by atoms with van der Waals surface area (Å²) in [5.41, 5.74) is 1.67. The molecule has 136 valence electrons. The van der Waals surface area contributed by atoms with E-state index in [1.54, 1.807) is 66.9 Å². The van der Waals surface area contributed by atoms with Gasteiger partial charge in [0, 0.05) is 17.4 Å². The molecule has 7 nitrogen and oxygen atoms in total. The summed E-state index contributed by atoms with van der Waals surface area (Å²) in [5.74, 6) is -0.0874. The van der Waals surface area contributed by atoms with E-state index < -0.39 is 0 Å². The van der Waals surface area contributed by atoms with E-state index in [9.17, 15) is 14.7 Å². The first-order valence-corrected chi connectivity index (χ1v) is 8.26. The van der Waals surface area contributed by atoms with E-state index in [2.05, 4.69) is 20.9 Å². The number of phenols is 1. The van der Waals surface area contributed by atoms with Crippen molar-refractivity contribution in [1.29, 1.82) is 0 Å². The molecule has 1 aromatic heterocycles. The zero-order valence-corrected chi connectivity index (χ0v) is 14.3. The lowest BCUT2D eigenvalue weighted by Gasteiger charge is -2.12. The minimum Gasteiger partial charge on any atom is -0.508 e. The fourth-order valence-electron chi connectivity index (χ4n) is 2.33. The number of benzene rings is 2. The van der Waals surface area contributed by atoms with Crippen LogP contribution < -0.4 is 16.0 Å². The van der Waals surface area contributed by atoms with Crippen LogP contribution in [-0.4, -0.2) is 28.4 Å². The van der Waals surface area contributed by atoms with Gasteiger partial charge in [0.2, 0.25) is 5.91 Å². The second-order valence-electron chi connectivity index (χ2n) is 5.67. The van der Waals surface area contributed by atoms with E-state index in [-0.39, 0.29) is 24.1 Å². The second kappa shape index (κ2) is 8.48. The van der Waals surface area contributed by atoms with Crippen LogP contribution >= 0.6 is 0 Å². The van der Waals surface area contributed by atoms with Crippen LogP contribution in [0, 0.1) is 0 Å². The first-order valence-electron chi connectivity index (χ1n) is 8.26. The second-order valence-corrected chi connectivity index (χ2v) is 5.67. The molecule has 27 heavy (non-hydrogen) atoms. The van der Waals surface area contributed by atoms with Crippen LogP contribution in [0.15, 0.2) is 72.9 Å². The van der Waals surface area contributed by atoms with Gasteiger partial charge in [-0.2, -0.15) is 0 Å². The maximum atomic E-state index is 12.2. The summed E-state index contributed by atoms with van der Waals surface area (Å²) in [6.45, 7) is -0.165. The van der Waals surface area contributed by atoms with Crippen molar-refractivity contribution in [2.24, 2.45) is 0 Å². The van der Waals surface area contributed by atoms with Crippen molar-refractivity contribution in [3.63, 3.8) is 0 Å². The fraction of sp³-hybridized carbons (Fsp3) is 0.0500. The van der Waals surface area contributed by atoms with Gasteiger partial charge in [-0.3, -0.25) is 9.59 Å². The molecule has 0 aliphatic carbocycles. The number of amides is 2. The molecule has 0 bridgehead atoms. The number of anilines is 3. The number of aromatic nitrogens is 1. The molecule has 0 fully saturated rings. The van der Waals surface area contributed by atoms with Crippen LogP contribution in [-0.2, 0) is 4.79 Å². The van der Waals surface area contributed by atoms with E-state index >= 15 is 0 Å². The van der Waals surface area contributed by atoms with E-state index in [0.29, 0.717) is 22.8 Å². The summed E-state index contributed by atoms with van der Waals surface area (Å²) < 4.78 is 0. The molecule has 0 radical (unpaired) electrons. The number of nitrogens with zero attached hydrogens (tertiary/aromatic N) is 1. The summed E-state index contributed by atoms with van der Waals surface area (Å²) in [7, 11) is 0. The lowest BCUT2D eigenvalue weighted by atomic mass is 10.2. The summed E-state index contributed by atoms with van der Waals surface area (Å²) in [4.78, 5) is 28.4. The maximum Gasteiger partial charge on any atom is 0.251 e. The smallest absolute Gasteiger partial charge is 0.251 e. The number of aromatic hydroxyl groups is 1. The highest BCUT2D eigenvalue weighted by molar-refractivity contribution is 6.00. The minimum absolute atomic E-state index is 0.157. The van der Waals surface area contributed by atoms with E-state index in [1.165, 1.54) is 0 Å². The molecule has 0 aliphatic rings. The average Bonchev–Trinajstić information content (AvgIpc) is 2.70. The monoisotopic (exact) mass is 362 g/mol. The molecular weight excluding hydrogens is 344 g/mol. The number of hydrogen-bond acceptors (Lipinski definition) is 5. The molecular formula is C20H18N4O3. The molecule has 7 heteroatoms. The van der Waals surface area contributed by atoms with Crippen molar-refractivity contribution in [2.75, 3.05) is 17.2 Å². The van der Waals surface area contributed by atoms with E-state index in [0.717, 1.165) is 0 Å². The first-order chi connectivity index (χ1) is 13.1. The summed E-state index contributed by atoms with van der Waals surface area (Å²) in [6, 6.07) is 18.5. The Bertz CT molecular complexity index is 927. The number of nitrogens with one attached hydrogen (secondary N) is 3. The molecule has 0 atom stereocenters. The third kappa shape index (κ3) is 5.05. The van der Waals surface area contributed by atoms with Gasteiger partial charge in [-0.15, -0.1) is 0 Å². The first kappa shape index (κ1) is 17.9. The van der Waals surface area contributed by atoms with Gasteiger partial charge >= 0.3 is 0 Å². The Balaban J connectivity index is 1.61. The largest absolute Gasteiger partial charge is 0.508 e. The van der Waals surface area contributed by atoms with E-state index in [1.807, 2.05) is 6.07 Å². The Labute approximate surface area is 156 Å². The van der Waals surface area contributed by atoms with Crippen LogP contribution in [0.3, 0.4) is 0 Å². The topological polar surface area (TPSA) is 103 Å². The van der Waals surface area contributed by atoms with Crippen LogP contribution in [0.25, 0.3) is 0 Å². The van der Waals surface area contributed by atoms with Gasteiger partial charge in [-0.25, -0.2) is 4.98 Å². The fourth-order valence-corrected chi connectivity index (χ4v) is 2.33. The predicted molar refractivity (Wildman–Crippen MR) is 103 cm³/mol. The van der Waals surface area contributed by atoms with Crippen molar-refractivity contribution in [1.82, 2.24) is 10.3 Å². The molecule has 0 saturated carbocycles. The van der Waals surface area contributed by atoms with Crippen molar-refractivity contribution in [2.45, 2.75) is 0 Å². The van der Waals surface area contributed by atoms with Crippen molar-refractivity contribution in [3.05, 3.63) is 78.5 Å². The molecule has 0 saturated heterocycles. The lowest BCUT2D eigenvalue weighted by Crippen LogP contribution is -2.33. The minimum atomic E-state index is -0.374. The molecule has 0 aliphatic heterocycles. The van der Waals surface area contributed by atoms with Gasteiger partial charge in [0.15, 0.2) is 5.82 Å². The number of rotatable bonds is 6. The Kier molecular flexibility index (Phi) is 5.64. The third-order valence-electron chi connectivity index (χ3n) is 3.66. The number of carbonyl (C=O) groups is 2. The van der Waals surface area contributed by atoms with Crippen LogP contribution in [0.4, 0.5) is 17.2 Å². The zero-order chi connectivity index (χ0) is 19.1. The quantitative estimate of drug-likeness (QED) is 0.505. The van der Waals surface area contributed by atoms with E-state index in [4.69, 9.17) is 0 Å². The van der Waals surface area contributed by atoms with Crippen molar-refractivity contribution < 1.29 is 14.7 Å². The lowest BCUT2D eigenvalue weighted by molar-refractivity contribution is -0.115. The summed E-state index contributed by atoms with van der Waals surface area (Å²) >= 11 is 0. The summed E-state index contributed by atoms with van der Waals surface area (Å²) in [5, 5.41) is 17.7. The molecule has 2 amide bonds. The molecule has 2 aromatic carbocycles. The Morgan fingerprint density at radius 1 is 0.926 bits per heavy atom. The van der Waals surface area contributed by atoms with Crippen molar-refractivity contribution in [3.8, 4) is 5.75 Å². The molecule has 0 unspecified atom stereocenters. The molecule has 0 spiro atoms. The Morgan fingerprint density at radius 2 is 1.67 bits per heavy atom. The normalized spacial score (nSPS) is 10.1. The number of pyridine rings is 1. The molecule has 3 rings (SSSR count). The Hall–Kier alpha value is -3.87. The Morgan fingerprint density at radius 3 is 2.41 bits per heavy atom. The number of carbonyl (C=O) groups excluding carboxylic acids is 2. The van der Waals surface area contributed by atoms with Crippen LogP contribution in [0.1, 0.15) is 10.4 Å². The SMILES string of the molecule is O=C(CNC(=O)c1ccccc1)Nc1cccnc1Nc1ccc(O)cc1. The summed E-state index contributed by atoms with van der Waals surface area (Å²) in [6.07, 6.45) is 1.59. The predicted octanol–water partition coefficient (Wildman–Crippen LogP) is 2.90. The number of hydrogen-bond donors (Lipinski definition) is 4. The van der Waals surface area contributed by atoms with Gasteiger partial charge < -0.3 is 21.1 Å². The van der Waals surface area contributed by atoms with Gasteiger partial charge in [0.1, 0.15) is 5.75 Å². The van der Waals surface area contributed by atoms with Gasteiger partial charge in [0.25, 0.3) is 5.91 Å². The molecule has 1 heterocycles. The van der Waals surface area contributed by atoms with Gasteiger partial charge in [0.05, 0.1) is 12.2 Å². The van der Waals surface area contributed by atoms with Gasteiger partial charge in [-0.1, -0.05) is 18.2 Å². The average molecular weight is 362 g/mol. The highest BCUT2D eigenvalue weighted by Crippen LogP contribution is 2.23.